The van der Waals surface area contributed by atoms with Crippen LogP contribution in [0.1, 0.15) is 56.3 Å². The molecule has 0 bridgehead atoms. The summed E-state index contributed by atoms with van der Waals surface area (Å²) in [5.74, 6) is 0. The van der Waals surface area contributed by atoms with Crippen molar-refractivity contribution in [2.75, 3.05) is 13.1 Å². The van der Waals surface area contributed by atoms with Crippen LogP contribution < -0.4 is 0 Å². The molecular weight excluding hydrogens is 248 g/mol. The van der Waals surface area contributed by atoms with Crippen LogP contribution in [0.15, 0.2) is 24.3 Å². The Kier molecular flexibility index (Phi) is 5.58. The zero-order chi connectivity index (χ0) is 14.4. The maximum absolute atomic E-state index is 10.4. The van der Waals surface area contributed by atoms with Gasteiger partial charge < -0.3 is 5.11 Å². The number of likely N-dealkylation sites (tertiary alicyclic amines) is 1. The van der Waals surface area contributed by atoms with Gasteiger partial charge in [0.1, 0.15) is 0 Å². The average molecular weight is 272 g/mol. The SMILES string of the molecule is CCCC1CCCCN1CC(O)c1ccc(C#N)cc1. The predicted molar refractivity (Wildman–Crippen MR) is 80.2 cm³/mol. The molecule has 1 saturated heterocycles. The molecule has 1 aromatic rings. The fourth-order valence-electron chi connectivity index (χ4n) is 3.07. The number of hydrogen-bond donors (Lipinski definition) is 1. The summed E-state index contributed by atoms with van der Waals surface area (Å²) in [6.45, 7) is 4.03. The first-order chi connectivity index (χ1) is 9.74. The Bertz CT molecular complexity index is 447. The molecule has 108 valence electrons. The van der Waals surface area contributed by atoms with Crippen LogP contribution in [0.5, 0.6) is 0 Å². The van der Waals surface area contributed by atoms with E-state index in [-0.39, 0.29) is 0 Å². The van der Waals surface area contributed by atoms with Gasteiger partial charge in [-0.3, -0.25) is 4.90 Å². The first kappa shape index (κ1) is 15.0. The lowest BCUT2D eigenvalue weighted by atomic mass is 9.97. The summed E-state index contributed by atoms with van der Waals surface area (Å²) in [7, 11) is 0. The Morgan fingerprint density at radius 2 is 2.10 bits per heavy atom. The van der Waals surface area contributed by atoms with Gasteiger partial charge in [0.15, 0.2) is 0 Å². The van der Waals surface area contributed by atoms with E-state index in [9.17, 15) is 5.11 Å². The number of nitrogens with zero attached hydrogens (tertiary/aromatic N) is 2. The van der Waals surface area contributed by atoms with Crippen molar-refractivity contribution in [1.82, 2.24) is 4.90 Å². The molecule has 0 aliphatic carbocycles. The Hall–Kier alpha value is -1.37. The number of β-amino-alcohol motifs (C(OH)–C–C–N with tert-alkyl or cyclic N) is 1. The van der Waals surface area contributed by atoms with Gasteiger partial charge in [0.25, 0.3) is 0 Å². The monoisotopic (exact) mass is 272 g/mol. The summed E-state index contributed by atoms with van der Waals surface area (Å²) in [4.78, 5) is 2.44. The van der Waals surface area contributed by atoms with Gasteiger partial charge in [-0.1, -0.05) is 31.9 Å². The van der Waals surface area contributed by atoms with E-state index in [1.54, 1.807) is 12.1 Å². The number of hydrogen-bond acceptors (Lipinski definition) is 3. The highest BCUT2D eigenvalue weighted by Gasteiger charge is 2.24. The van der Waals surface area contributed by atoms with E-state index in [1.807, 2.05) is 12.1 Å². The van der Waals surface area contributed by atoms with Crippen molar-refractivity contribution >= 4 is 0 Å². The Morgan fingerprint density at radius 1 is 1.35 bits per heavy atom. The Morgan fingerprint density at radius 3 is 2.75 bits per heavy atom. The highest BCUT2D eigenvalue weighted by Crippen LogP contribution is 2.24. The molecule has 1 N–H and O–H groups in total. The molecule has 1 fully saturated rings. The molecule has 0 saturated carbocycles. The molecule has 3 nitrogen and oxygen atoms in total. The van der Waals surface area contributed by atoms with E-state index < -0.39 is 6.10 Å². The molecule has 2 unspecified atom stereocenters. The largest absolute Gasteiger partial charge is 0.387 e. The van der Waals surface area contributed by atoms with E-state index in [4.69, 9.17) is 5.26 Å². The Balaban J connectivity index is 1.97. The van der Waals surface area contributed by atoms with Crippen LogP contribution in [0.3, 0.4) is 0 Å². The van der Waals surface area contributed by atoms with Crippen LogP contribution in [0.4, 0.5) is 0 Å². The van der Waals surface area contributed by atoms with E-state index in [0.717, 1.165) is 12.1 Å². The first-order valence-electron chi connectivity index (χ1n) is 7.66. The normalized spacial score (nSPS) is 21.4. The minimum atomic E-state index is -0.458. The summed E-state index contributed by atoms with van der Waals surface area (Å²) in [6, 6.07) is 10.0. The van der Waals surface area contributed by atoms with Crippen molar-refractivity contribution in [2.24, 2.45) is 0 Å². The van der Waals surface area contributed by atoms with Crippen molar-refractivity contribution in [3.63, 3.8) is 0 Å². The van der Waals surface area contributed by atoms with Gasteiger partial charge in [0.2, 0.25) is 0 Å². The van der Waals surface area contributed by atoms with Gasteiger partial charge in [-0.05, 0) is 43.5 Å². The molecule has 1 aliphatic rings. The minimum Gasteiger partial charge on any atom is -0.387 e. The van der Waals surface area contributed by atoms with Gasteiger partial charge in [0.05, 0.1) is 17.7 Å². The first-order valence-corrected chi connectivity index (χ1v) is 7.66. The third-order valence-electron chi connectivity index (χ3n) is 4.20. The average Bonchev–Trinajstić information content (AvgIpc) is 2.49. The number of piperidine rings is 1. The second kappa shape index (κ2) is 7.42. The van der Waals surface area contributed by atoms with E-state index in [2.05, 4.69) is 17.9 Å². The lowest BCUT2D eigenvalue weighted by Gasteiger charge is -2.37. The maximum Gasteiger partial charge on any atom is 0.0991 e. The second-order valence-corrected chi connectivity index (χ2v) is 5.68. The fraction of sp³-hybridized carbons (Fsp3) is 0.588. The summed E-state index contributed by atoms with van der Waals surface area (Å²) in [5, 5.41) is 19.2. The number of aliphatic hydroxyl groups excluding tert-OH is 1. The van der Waals surface area contributed by atoms with Gasteiger partial charge >= 0.3 is 0 Å². The van der Waals surface area contributed by atoms with Crippen molar-refractivity contribution < 1.29 is 5.11 Å². The lowest BCUT2D eigenvalue weighted by Crippen LogP contribution is -2.41. The molecule has 2 rings (SSSR count). The molecule has 2 atom stereocenters. The van der Waals surface area contributed by atoms with Gasteiger partial charge in [0, 0.05) is 12.6 Å². The molecule has 1 aliphatic heterocycles. The van der Waals surface area contributed by atoms with Gasteiger partial charge in [-0.15, -0.1) is 0 Å². The fourth-order valence-corrected chi connectivity index (χ4v) is 3.07. The molecule has 0 aromatic heterocycles. The molecule has 0 spiro atoms. The van der Waals surface area contributed by atoms with Crippen LogP contribution in [0.2, 0.25) is 0 Å². The second-order valence-electron chi connectivity index (χ2n) is 5.68. The molecule has 3 heteroatoms. The van der Waals surface area contributed by atoms with Crippen LogP contribution in [0.25, 0.3) is 0 Å². The van der Waals surface area contributed by atoms with Crippen molar-refractivity contribution in [3.8, 4) is 6.07 Å². The van der Waals surface area contributed by atoms with Gasteiger partial charge in [-0.2, -0.15) is 5.26 Å². The van der Waals surface area contributed by atoms with Crippen LogP contribution in [0, 0.1) is 11.3 Å². The quantitative estimate of drug-likeness (QED) is 0.895. The maximum atomic E-state index is 10.4. The minimum absolute atomic E-state index is 0.458. The zero-order valence-electron chi connectivity index (χ0n) is 12.3. The third-order valence-corrected chi connectivity index (χ3v) is 4.20. The molecular formula is C17H24N2O. The van der Waals surface area contributed by atoms with Gasteiger partial charge in [-0.25, -0.2) is 0 Å². The summed E-state index contributed by atoms with van der Waals surface area (Å²) < 4.78 is 0. The number of benzene rings is 1. The van der Waals surface area contributed by atoms with Crippen LogP contribution >= 0.6 is 0 Å². The van der Waals surface area contributed by atoms with Crippen molar-refractivity contribution in [3.05, 3.63) is 35.4 Å². The zero-order valence-corrected chi connectivity index (χ0v) is 12.3. The van der Waals surface area contributed by atoms with Crippen LogP contribution in [-0.2, 0) is 0 Å². The lowest BCUT2D eigenvalue weighted by molar-refractivity contribution is 0.0635. The predicted octanol–water partition coefficient (Wildman–Crippen LogP) is 3.25. The standard InChI is InChI=1S/C17H24N2O/c1-2-5-16-6-3-4-11-19(16)13-17(20)15-9-7-14(12-18)8-10-15/h7-10,16-17,20H,2-6,11,13H2,1H3. The summed E-state index contributed by atoms with van der Waals surface area (Å²) >= 11 is 0. The number of aliphatic hydroxyl groups is 1. The molecule has 1 heterocycles. The van der Waals surface area contributed by atoms with E-state index in [1.165, 1.54) is 32.1 Å². The highest BCUT2D eigenvalue weighted by atomic mass is 16.3. The van der Waals surface area contributed by atoms with E-state index >= 15 is 0 Å². The number of rotatable bonds is 5. The summed E-state index contributed by atoms with van der Waals surface area (Å²) in [5.41, 5.74) is 1.55. The smallest absolute Gasteiger partial charge is 0.0991 e. The van der Waals surface area contributed by atoms with E-state index in [0.29, 0.717) is 18.2 Å². The summed E-state index contributed by atoms with van der Waals surface area (Å²) in [6.07, 6.45) is 5.77. The number of nitriles is 1. The molecule has 1 aromatic carbocycles. The van der Waals surface area contributed by atoms with Crippen molar-refractivity contribution in [1.29, 1.82) is 5.26 Å². The third kappa shape index (κ3) is 3.82. The molecule has 20 heavy (non-hydrogen) atoms. The topological polar surface area (TPSA) is 47.3 Å². The van der Waals surface area contributed by atoms with Crippen LogP contribution in [-0.4, -0.2) is 29.1 Å². The van der Waals surface area contributed by atoms with Crippen molar-refractivity contribution in [2.45, 2.75) is 51.2 Å². The molecule has 0 radical (unpaired) electrons. The highest BCUT2D eigenvalue weighted by molar-refractivity contribution is 5.32. The Labute approximate surface area is 121 Å². The molecule has 0 amide bonds.